The topological polar surface area (TPSA) is 24.9 Å². The zero-order chi connectivity index (χ0) is 11.4. The molecule has 3 atom stereocenters. The van der Waals surface area contributed by atoms with E-state index >= 15 is 0 Å². The van der Waals surface area contributed by atoms with Crippen molar-refractivity contribution in [1.29, 1.82) is 0 Å². The second-order valence-electron chi connectivity index (χ2n) is 5.05. The number of nitrogens with zero attached hydrogens (tertiary/aromatic N) is 1. The molecule has 0 amide bonds. The van der Waals surface area contributed by atoms with Crippen LogP contribution in [0.1, 0.15) is 44.3 Å². The molecule has 0 spiro atoms. The maximum Gasteiger partial charge on any atom is 0.0575 e. The highest BCUT2D eigenvalue weighted by Crippen LogP contribution is 2.36. The predicted molar refractivity (Wildman–Crippen MR) is 67.2 cm³/mol. The Labute approximate surface area is 98.5 Å². The van der Waals surface area contributed by atoms with Crippen LogP contribution in [-0.2, 0) is 0 Å². The normalized spacial score (nSPS) is 27.6. The van der Waals surface area contributed by atoms with E-state index in [2.05, 4.69) is 36.4 Å². The highest BCUT2D eigenvalue weighted by atomic mass is 14.9. The highest BCUT2D eigenvalue weighted by molar-refractivity contribution is 5.10. The fourth-order valence-electron chi connectivity index (χ4n) is 2.97. The molecule has 0 saturated heterocycles. The molecule has 88 valence electrons. The van der Waals surface area contributed by atoms with Gasteiger partial charge in [0, 0.05) is 6.20 Å². The van der Waals surface area contributed by atoms with Crippen molar-refractivity contribution in [1.82, 2.24) is 10.3 Å². The summed E-state index contributed by atoms with van der Waals surface area (Å²) in [5.41, 5.74) is 1.20. The summed E-state index contributed by atoms with van der Waals surface area (Å²) in [5, 5.41) is 3.45. The van der Waals surface area contributed by atoms with Gasteiger partial charge in [-0.1, -0.05) is 25.8 Å². The van der Waals surface area contributed by atoms with Crippen LogP contribution in [0.15, 0.2) is 24.4 Å². The van der Waals surface area contributed by atoms with Crippen LogP contribution >= 0.6 is 0 Å². The van der Waals surface area contributed by atoms with Gasteiger partial charge in [0.2, 0.25) is 0 Å². The fraction of sp³-hybridized carbons (Fsp3) is 0.643. The van der Waals surface area contributed by atoms with Gasteiger partial charge in [-0.2, -0.15) is 0 Å². The van der Waals surface area contributed by atoms with Crippen molar-refractivity contribution in [3.05, 3.63) is 30.1 Å². The largest absolute Gasteiger partial charge is 0.311 e. The Morgan fingerprint density at radius 1 is 1.38 bits per heavy atom. The van der Waals surface area contributed by atoms with Crippen molar-refractivity contribution in [2.45, 2.75) is 38.6 Å². The second-order valence-corrected chi connectivity index (χ2v) is 5.05. The molecule has 0 aromatic carbocycles. The van der Waals surface area contributed by atoms with E-state index in [1.807, 2.05) is 12.3 Å². The summed E-state index contributed by atoms with van der Waals surface area (Å²) in [4.78, 5) is 4.49. The lowest BCUT2D eigenvalue weighted by molar-refractivity contribution is 0.227. The number of pyridine rings is 1. The maximum atomic E-state index is 4.49. The van der Waals surface area contributed by atoms with E-state index in [0.29, 0.717) is 6.04 Å². The first-order chi connectivity index (χ1) is 7.81. The van der Waals surface area contributed by atoms with Crippen molar-refractivity contribution < 1.29 is 0 Å². The minimum Gasteiger partial charge on any atom is -0.311 e. The van der Waals surface area contributed by atoms with Crippen molar-refractivity contribution in [3.63, 3.8) is 0 Å². The molecular weight excluding hydrogens is 196 g/mol. The first-order valence-electron chi connectivity index (χ1n) is 6.39. The third kappa shape index (κ3) is 2.62. The molecule has 1 aliphatic rings. The van der Waals surface area contributed by atoms with Gasteiger partial charge in [-0.25, -0.2) is 0 Å². The number of hydrogen-bond donors (Lipinski definition) is 1. The third-order valence-corrected chi connectivity index (χ3v) is 3.77. The molecule has 3 unspecified atom stereocenters. The van der Waals surface area contributed by atoms with Crippen LogP contribution in [0.4, 0.5) is 0 Å². The first kappa shape index (κ1) is 11.6. The molecule has 1 aliphatic carbocycles. The summed E-state index contributed by atoms with van der Waals surface area (Å²) in [6.07, 6.45) is 7.34. The lowest BCUT2D eigenvalue weighted by atomic mass is 9.77. The Bertz CT molecular complexity index is 310. The van der Waals surface area contributed by atoms with E-state index in [-0.39, 0.29) is 0 Å². The summed E-state index contributed by atoms with van der Waals surface area (Å²) in [5.74, 6) is 1.63. The second kappa shape index (κ2) is 5.44. The lowest BCUT2D eigenvalue weighted by Crippen LogP contribution is -2.29. The van der Waals surface area contributed by atoms with Crippen LogP contribution in [0.3, 0.4) is 0 Å². The van der Waals surface area contributed by atoms with Crippen LogP contribution in [-0.4, -0.2) is 12.0 Å². The Balaban J connectivity index is 2.10. The van der Waals surface area contributed by atoms with E-state index in [1.54, 1.807) is 0 Å². The first-order valence-corrected chi connectivity index (χ1v) is 6.39. The predicted octanol–water partition coefficient (Wildman–Crippen LogP) is 3.17. The van der Waals surface area contributed by atoms with Crippen LogP contribution in [0.25, 0.3) is 0 Å². The Morgan fingerprint density at radius 2 is 2.25 bits per heavy atom. The molecule has 1 aromatic heterocycles. The Hall–Kier alpha value is -0.890. The van der Waals surface area contributed by atoms with Gasteiger partial charge in [-0.15, -0.1) is 0 Å². The summed E-state index contributed by atoms with van der Waals surface area (Å²) in [6, 6.07) is 6.64. The number of aromatic nitrogens is 1. The molecule has 2 nitrogen and oxygen atoms in total. The van der Waals surface area contributed by atoms with Crippen molar-refractivity contribution >= 4 is 0 Å². The minimum absolute atomic E-state index is 0.434. The lowest BCUT2D eigenvalue weighted by Gasteiger charge is -2.32. The van der Waals surface area contributed by atoms with E-state index < -0.39 is 0 Å². The van der Waals surface area contributed by atoms with Gasteiger partial charge in [-0.05, 0) is 43.9 Å². The van der Waals surface area contributed by atoms with Gasteiger partial charge in [-0.3, -0.25) is 4.98 Å². The summed E-state index contributed by atoms with van der Waals surface area (Å²) < 4.78 is 0. The summed E-state index contributed by atoms with van der Waals surface area (Å²) in [7, 11) is 2.05. The van der Waals surface area contributed by atoms with E-state index in [4.69, 9.17) is 0 Å². The molecule has 1 heterocycles. The van der Waals surface area contributed by atoms with Crippen molar-refractivity contribution in [2.75, 3.05) is 7.05 Å². The molecule has 1 aromatic rings. The van der Waals surface area contributed by atoms with Gasteiger partial charge in [0.25, 0.3) is 0 Å². The molecule has 2 heteroatoms. The molecule has 0 radical (unpaired) electrons. The van der Waals surface area contributed by atoms with Crippen LogP contribution in [0, 0.1) is 11.8 Å². The molecule has 0 aliphatic heterocycles. The SMILES string of the molecule is CNC(c1ccccn1)C1CCCC(C)C1. The number of nitrogens with one attached hydrogen (secondary N) is 1. The molecule has 1 N–H and O–H groups in total. The van der Waals surface area contributed by atoms with Gasteiger partial charge in [0.15, 0.2) is 0 Å². The smallest absolute Gasteiger partial charge is 0.0575 e. The Morgan fingerprint density at radius 3 is 2.88 bits per heavy atom. The Kier molecular flexibility index (Phi) is 3.94. The molecule has 1 fully saturated rings. The average Bonchev–Trinajstić information content (AvgIpc) is 2.31. The molecule has 1 saturated carbocycles. The van der Waals surface area contributed by atoms with Gasteiger partial charge >= 0.3 is 0 Å². The maximum absolute atomic E-state index is 4.49. The zero-order valence-corrected chi connectivity index (χ0v) is 10.3. The van der Waals surface area contributed by atoms with Crippen LogP contribution in [0.2, 0.25) is 0 Å². The summed E-state index contributed by atoms with van der Waals surface area (Å²) in [6.45, 7) is 2.37. The summed E-state index contributed by atoms with van der Waals surface area (Å²) >= 11 is 0. The van der Waals surface area contributed by atoms with Gasteiger partial charge < -0.3 is 5.32 Å². The molecule has 16 heavy (non-hydrogen) atoms. The molecular formula is C14H22N2. The third-order valence-electron chi connectivity index (χ3n) is 3.77. The van der Waals surface area contributed by atoms with Crippen LogP contribution in [0.5, 0.6) is 0 Å². The van der Waals surface area contributed by atoms with Gasteiger partial charge in [0.05, 0.1) is 11.7 Å². The number of hydrogen-bond acceptors (Lipinski definition) is 2. The van der Waals surface area contributed by atoms with E-state index in [1.165, 1.54) is 31.4 Å². The van der Waals surface area contributed by atoms with Crippen LogP contribution < -0.4 is 5.32 Å². The molecule has 2 rings (SSSR count). The van der Waals surface area contributed by atoms with Crippen molar-refractivity contribution in [2.24, 2.45) is 11.8 Å². The number of rotatable bonds is 3. The van der Waals surface area contributed by atoms with E-state index in [9.17, 15) is 0 Å². The van der Waals surface area contributed by atoms with Crippen molar-refractivity contribution in [3.8, 4) is 0 Å². The average molecular weight is 218 g/mol. The minimum atomic E-state index is 0.434. The standard InChI is InChI=1S/C14H22N2/c1-11-6-5-7-12(10-11)14(15-2)13-8-3-4-9-16-13/h3-4,8-9,11-12,14-15H,5-7,10H2,1-2H3. The fourth-order valence-corrected chi connectivity index (χ4v) is 2.97. The monoisotopic (exact) mass is 218 g/mol. The molecule has 0 bridgehead atoms. The van der Waals surface area contributed by atoms with E-state index in [0.717, 1.165) is 11.8 Å². The zero-order valence-electron chi connectivity index (χ0n) is 10.3. The quantitative estimate of drug-likeness (QED) is 0.843. The van der Waals surface area contributed by atoms with Gasteiger partial charge in [0.1, 0.15) is 0 Å². The highest BCUT2D eigenvalue weighted by Gasteiger charge is 2.27.